The normalized spacial score (nSPS) is 14.9. The van der Waals surface area contributed by atoms with Crippen molar-refractivity contribution in [3.63, 3.8) is 0 Å². The molecule has 1 aromatic heterocycles. The van der Waals surface area contributed by atoms with E-state index in [9.17, 15) is 14.4 Å². The molecule has 30 heavy (non-hydrogen) atoms. The molecular formula is C22H15ClN2O5. The van der Waals surface area contributed by atoms with Crippen molar-refractivity contribution in [1.29, 1.82) is 0 Å². The highest BCUT2D eigenvalue weighted by atomic mass is 35.5. The van der Waals surface area contributed by atoms with Crippen LogP contribution in [0.2, 0.25) is 5.02 Å². The second kappa shape index (κ2) is 7.88. The fourth-order valence-electron chi connectivity index (χ4n) is 3.00. The number of imide groups is 1. The maximum absolute atomic E-state index is 12.7. The lowest BCUT2D eigenvalue weighted by Gasteiger charge is -2.11. The van der Waals surface area contributed by atoms with Crippen molar-refractivity contribution in [1.82, 2.24) is 5.32 Å². The van der Waals surface area contributed by atoms with Crippen LogP contribution in [0.1, 0.15) is 16.1 Å². The molecule has 0 atom stereocenters. The monoisotopic (exact) mass is 422 g/mol. The summed E-state index contributed by atoms with van der Waals surface area (Å²) in [6.45, 7) is 0. The van der Waals surface area contributed by atoms with E-state index in [1.165, 1.54) is 19.3 Å². The Labute approximate surface area is 176 Å². The number of halogens is 1. The minimum Gasteiger partial charge on any atom is -0.465 e. The van der Waals surface area contributed by atoms with Crippen molar-refractivity contribution in [2.24, 2.45) is 0 Å². The van der Waals surface area contributed by atoms with Crippen LogP contribution in [0, 0.1) is 0 Å². The molecule has 0 radical (unpaired) electrons. The van der Waals surface area contributed by atoms with Gasteiger partial charge in [0.05, 0.1) is 18.4 Å². The molecule has 2 heterocycles. The van der Waals surface area contributed by atoms with Crippen LogP contribution in [0.15, 0.2) is 70.8 Å². The van der Waals surface area contributed by atoms with Gasteiger partial charge in [-0.05, 0) is 42.5 Å². The third-order valence-electron chi connectivity index (χ3n) is 4.45. The van der Waals surface area contributed by atoms with Gasteiger partial charge in [0, 0.05) is 16.7 Å². The van der Waals surface area contributed by atoms with Crippen molar-refractivity contribution in [3.8, 4) is 11.3 Å². The van der Waals surface area contributed by atoms with Crippen molar-refractivity contribution in [2.75, 3.05) is 12.0 Å². The Bertz CT molecular complexity index is 1180. The second-order valence-electron chi connectivity index (χ2n) is 6.38. The number of anilines is 1. The average molecular weight is 423 g/mol. The molecule has 0 saturated carbocycles. The first kappa shape index (κ1) is 19.5. The van der Waals surface area contributed by atoms with E-state index in [1.54, 1.807) is 54.6 Å². The van der Waals surface area contributed by atoms with Gasteiger partial charge in [0.2, 0.25) is 0 Å². The van der Waals surface area contributed by atoms with E-state index in [-0.39, 0.29) is 5.70 Å². The minimum atomic E-state index is -0.571. The SMILES string of the molecule is COC(=O)c1ccc(-c2ccc(/C=C3/NC(=O)N(c4cccc(Cl)c4)C3=O)o2)cc1. The number of benzene rings is 2. The first-order valence-corrected chi connectivity index (χ1v) is 9.25. The van der Waals surface area contributed by atoms with E-state index in [1.807, 2.05) is 0 Å². The number of hydrogen-bond donors (Lipinski definition) is 1. The summed E-state index contributed by atoms with van der Waals surface area (Å²) in [5.41, 5.74) is 1.63. The van der Waals surface area contributed by atoms with E-state index in [0.717, 1.165) is 10.5 Å². The Morgan fingerprint density at radius 2 is 1.87 bits per heavy atom. The molecule has 3 aromatic rings. The van der Waals surface area contributed by atoms with Gasteiger partial charge in [-0.15, -0.1) is 0 Å². The fraction of sp³-hybridized carbons (Fsp3) is 0.0455. The number of carbonyl (C=O) groups excluding carboxylic acids is 3. The van der Waals surface area contributed by atoms with Gasteiger partial charge in [0.1, 0.15) is 17.2 Å². The van der Waals surface area contributed by atoms with Crippen LogP contribution >= 0.6 is 11.6 Å². The molecule has 150 valence electrons. The first-order chi connectivity index (χ1) is 14.5. The third kappa shape index (κ3) is 3.70. The van der Waals surface area contributed by atoms with E-state index in [0.29, 0.717) is 27.8 Å². The van der Waals surface area contributed by atoms with Crippen LogP contribution in [0.25, 0.3) is 17.4 Å². The zero-order valence-corrected chi connectivity index (χ0v) is 16.5. The largest absolute Gasteiger partial charge is 0.465 e. The molecule has 0 aliphatic carbocycles. The van der Waals surface area contributed by atoms with Crippen molar-refractivity contribution >= 4 is 41.3 Å². The number of furan rings is 1. The summed E-state index contributed by atoms with van der Waals surface area (Å²) >= 11 is 5.96. The summed E-state index contributed by atoms with van der Waals surface area (Å²) in [5, 5.41) is 2.96. The number of ether oxygens (including phenoxy) is 1. The molecule has 1 N–H and O–H groups in total. The van der Waals surface area contributed by atoms with Crippen LogP contribution in [0.3, 0.4) is 0 Å². The van der Waals surface area contributed by atoms with E-state index < -0.39 is 17.9 Å². The van der Waals surface area contributed by atoms with Crippen LogP contribution < -0.4 is 10.2 Å². The number of hydrogen-bond acceptors (Lipinski definition) is 5. The molecule has 4 rings (SSSR count). The van der Waals surface area contributed by atoms with E-state index in [4.69, 9.17) is 16.0 Å². The second-order valence-corrected chi connectivity index (χ2v) is 6.82. The van der Waals surface area contributed by atoms with Crippen molar-refractivity contribution in [3.05, 3.63) is 82.7 Å². The fourth-order valence-corrected chi connectivity index (χ4v) is 3.19. The lowest BCUT2D eigenvalue weighted by Crippen LogP contribution is -2.30. The van der Waals surface area contributed by atoms with Gasteiger partial charge >= 0.3 is 12.0 Å². The smallest absolute Gasteiger partial charge is 0.337 e. The summed E-state index contributed by atoms with van der Waals surface area (Å²) in [6, 6.07) is 16.0. The number of urea groups is 1. The Kier molecular flexibility index (Phi) is 5.12. The van der Waals surface area contributed by atoms with Crippen LogP contribution in [0.4, 0.5) is 10.5 Å². The lowest BCUT2D eigenvalue weighted by molar-refractivity contribution is -0.113. The molecular weight excluding hydrogens is 408 g/mol. The molecule has 0 bridgehead atoms. The van der Waals surface area contributed by atoms with Gasteiger partial charge in [-0.25, -0.2) is 14.5 Å². The molecule has 2 aromatic carbocycles. The standard InChI is InChI=1S/C22H15ClN2O5/c1-29-21(27)14-7-5-13(6-8-14)19-10-9-17(30-19)12-18-20(26)25(22(28)24-18)16-4-2-3-15(23)11-16/h2-12H,1H3,(H,24,28)/b18-12+. The Balaban J connectivity index is 1.56. The predicted molar refractivity (Wildman–Crippen MR) is 111 cm³/mol. The number of nitrogens with zero attached hydrogens (tertiary/aromatic N) is 1. The van der Waals surface area contributed by atoms with Gasteiger partial charge in [0.25, 0.3) is 5.91 Å². The van der Waals surface area contributed by atoms with Crippen LogP contribution in [-0.4, -0.2) is 25.0 Å². The Morgan fingerprint density at radius 3 is 2.57 bits per heavy atom. The number of nitrogens with one attached hydrogen (secondary N) is 1. The van der Waals surface area contributed by atoms with E-state index >= 15 is 0 Å². The Hall–Kier alpha value is -3.84. The molecule has 3 amide bonds. The zero-order valence-electron chi connectivity index (χ0n) is 15.7. The van der Waals surface area contributed by atoms with Crippen LogP contribution in [-0.2, 0) is 9.53 Å². The minimum absolute atomic E-state index is 0.0851. The quantitative estimate of drug-likeness (QED) is 0.380. The summed E-state index contributed by atoms with van der Waals surface area (Å²) in [4.78, 5) is 37.5. The number of carbonyl (C=O) groups is 3. The lowest BCUT2D eigenvalue weighted by atomic mass is 10.1. The summed E-state index contributed by atoms with van der Waals surface area (Å²) in [7, 11) is 1.32. The summed E-state index contributed by atoms with van der Waals surface area (Å²) in [5.74, 6) is -0.00539. The zero-order chi connectivity index (χ0) is 21.3. The van der Waals surface area contributed by atoms with Gasteiger partial charge in [-0.3, -0.25) is 4.79 Å². The highest BCUT2D eigenvalue weighted by Gasteiger charge is 2.35. The van der Waals surface area contributed by atoms with E-state index in [2.05, 4.69) is 10.1 Å². The number of rotatable bonds is 4. The number of esters is 1. The van der Waals surface area contributed by atoms with Gasteiger partial charge < -0.3 is 14.5 Å². The van der Waals surface area contributed by atoms with Gasteiger partial charge in [-0.1, -0.05) is 29.8 Å². The predicted octanol–water partition coefficient (Wildman–Crippen LogP) is 4.48. The van der Waals surface area contributed by atoms with Crippen molar-refractivity contribution in [2.45, 2.75) is 0 Å². The number of amides is 3. The molecule has 1 fully saturated rings. The topological polar surface area (TPSA) is 88.9 Å². The molecule has 1 aliphatic heterocycles. The van der Waals surface area contributed by atoms with Gasteiger partial charge in [0.15, 0.2) is 0 Å². The highest BCUT2D eigenvalue weighted by Crippen LogP contribution is 2.27. The maximum Gasteiger partial charge on any atom is 0.337 e. The molecule has 7 nitrogen and oxygen atoms in total. The molecule has 8 heteroatoms. The third-order valence-corrected chi connectivity index (χ3v) is 4.68. The first-order valence-electron chi connectivity index (χ1n) is 8.87. The summed E-state index contributed by atoms with van der Waals surface area (Å²) < 4.78 is 10.4. The highest BCUT2D eigenvalue weighted by molar-refractivity contribution is 6.32. The average Bonchev–Trinajstić information content (AvgIpc) is 3.32. The summed E-state index contributed by atoms with van der Waals surface area (Å²) in [6.07, 6.45) is 1.46. The molecule has 0 spiro atoms. The molecule has 0 unspecified atom stereocenters. The maximum atomic E-state index is 12.7. The molecule has 1 saturated heterocycles. The number of methoxy groups -OCH3 is 1. The van der Waals surface area contributed by atoms with Gasteiger partial charge in [-0.2, -0.15) is 0 Å². The van der Waals surface area contributed by atoms with Crippen LogP contribution in [0.5, 0.6) is 0 Å². The van der Waals surface area contributed by atoms with Crippen molar-refractivity contribution < 1.29 is 23.5 Å². The molecule has 1 aliphatic rings. The Morgan fingerprint density at radius 1 is 1.10 bits per heavy atom.